The average Bonchev–Trinajstić information content (AvgIpc) is 3.13. The number of carbonyl (C=O) groups is 1. The molecule has 0 saturated heterocycles. The first kappa shape index (κ1) is 23.9. The van der Waals surface area contributed by atoms with Crippen LogP contribution in [0.15, 0.2) is 30.8 Å². The van der Waals surface area contributed by atoms with Gasteiger partial charge in [0.25, 0.3) is 6.26 Å². The largest absolute Gasteiger partial charge is 0.432 e. The van der Waals surface area contributed by atoms with E-state index in [-0.39, 0.29) is 23.7 Å². The molecule has 3 atom stereocenters. The van der Waals surface area contributed by atoms with E-state index in [2.05, 4.69) is 16.7 Å². The molecular weight excluding hydrogens is 423 g/mol. The number of rotatable bonds is 10. The highest BCUT2D eigenvalue weighted by Gasteiger charge is 2.32. The number of ether oxygens (including phenoxy) is 2. The number of esters is 1. The molecule has 0 aliphatic carbocycles. The maximum Gasteiger partial charge on any atom is 0.389 e. The van der Waals surface area contributed by atoms with Crippen LogP contribution in [-0.2, 0) is 14.3 Å². The van der Waals surface area contributed by atoms with E-state index >= 15 is 0 Å². The number of alkyl halides is 3. The van der Waals surface area contributed by atoms with Gasteiger partial charge in [0, 0.05) is 12.8 Å². The van der Waals surface area contributed by atoms with Crippen LogP contribution in [0.3, 0.4) is 0 Å². The summed E-state index contributed by atoms with van der Waals surface area (Å²) < 4.78 is 47.3. The molecule has 13 heteroatoms. The Morgan fingerprint density at radius 2 is 2.06 bits per heavy atom. The smallest absolute Gasteiger partial charge is 0.389 e. The Morgan fingerprint density at radius 1 is 1.35 bits per heavy atom. The molecule has 0 aliphatic rings. The lowest BCUT2D eigenvalue weighted by atomic mass is 10.0. The molecule has 0 bridgehead atoms. The maximum absolute atomic E-state index is 12.2. The van der Waals surface area contributed by atoms with Crippen molar-refractivity contribution in [2.45, 2.75) is 50.2 Å². The van der Waals surface area contributed by atoms with Crippen LogP contribution < -0.4 is 5.73 Å². The van der Waals surface area contributed by atoms with Crippen LogP contribution >= 0.6 is 0 Å². The van der Waals surface area contributed by atoms with Gasteiger partial charge in [0.2, 0.25) is 0 Å². The van der Waals surface area contributed by atoms with Crippen molar-refractivity contribution in [3.63, 3.8) is 0 Å². The van der Waals surface area contributed by atoms with E-state index < -0.39 is 49.7 Å². The van der Waals surface area contributed by atoms with Crippen molar-refractivity contribution in [1.29, 1.82) is 5.26 Å². The van der Waals surface area contributed by atoms with Gasteiger partial charge in [0.15, 0.2) is 5.82 Å². The molecule has 31 heavy (non-hydrogen) atoms. The number of hydrogen-bond donors (Lipinski definition) is 3. The maximum atomic E-state index is 12.2. The summed E-state index contributed by atoms with van der Waals surface area (Å²) in [5.74, 6) is -1.15. The number of aliphatic hydroxyl groups is 2. The fourth-order valence-corrected chi connectivity index (χ4v) is 2.75. The molecule has 0 radical (unpaired) electrons. The zero-order chi connectivity index (χ0) is 23.2. The summed E-state index contributed by atoms with van der Waals surface area (Å²) in [6.07, 6.45) is -8.89. The fraction of sp³-hybridized carbons (Fsp3) is 0.444. The molecule has 0 unspecified atom stereocenters. The molecule has 2 rings (SSSR count). The Hall–Kier alpha value is -3.37. The zero-order valence-electron chi connectivity index (χ0n) is 16.1. The molecular formula is C18H20F3N5O5. The summed E-state index contributed by atoms with van der Waals surface area (Å²) >= 11 is 0. The fourth-order valence-electron chi connectivity index (χ4n) is 2.75. The molecule has 0 aliphatic heterocycles. The number of carbonyl (C=O) groups excluding carboxylic acids is 1. The van der Waals surface area contributed by atoms with Crippen molar-refractivity contribution in [3.8, 4) is 6.26 Å². The van der Waals surface area contributed by atoms with E-state index in [1.54, 1.807) is 0 Å². The Morgan fingerprint density at radius 3 is 2.71 bits per heavy atom. The van der Waals surface area contributed by atoms with E-state index in [1.165, 1.54) is 22.9 Å². The van der Waals surface area contributed by atoms with Crippen molar-refractivity contribution in [3.05, 3.63) is 36.5 Å². The van der Waals surface area contributed by atoms with Crippen molar-refractivity contribution in [1.82, 2.24) is 14.6 Å². The topological polar surface area (TPSA) is 156 Å². The van der Waals surface area contributed by atoms with Gasteiger partial charge in [-0.25, -0.2) is 9.50 Å². The van der Waals surface area contributed by atoms with Gasteiger partial charge in [-0.05, 0) is 18.6 Å². The van der Waals surface area contributed by atoms with E-state index in [0.717, 1.165) is 6.33 Å². The third-order valence-electron chi connectivity index (χ3n) is 4.30. The number of hydrogen-bond acceptors (Lipinski definition) is 9. The average molecular weight is 443 g/mol. The van der Waals surface area contributed by atoms with Crippen molar-refractivity contribution >= 4 is 17.3 Å². The van der Waals surface area contributed by atoms with Gasteiger partial charge < -0.3 is 25.4 Å². The molecule has 2 aromatic rings. The monoisotopic (exact) mass is 443 g/mol. The molecule has 168 valence electrons. The molecule has 0 spiro atoms. The summed E-state index contributed by atoms with van der Waals surface area (Å²) in [6.45, 7) is 3.25. The van der Waals surface area contributed by atoms with Crippen LogP contribution in [0.4, 0.5) is 19.0 Å². The molecule has 0 fully saturated rings. The second-order valence-electron chi connectivity index (χ2n) is 6.55. The molecule has 10 nitrogen and oxygen atoms in total. The Bertz CT molecular complexity index is 972. The number of nitrogens with two attached hydrogens (primary N) is 1. The summed E-state index contributed by atoms with van der Waals surface area (Å²) in [7, 11) is 0. The second-order valence-corrected chi connectivity index (χ2v) is 6.55. The normalized spacial score (nSPS) is 14.5. The van der Waals surface area contributed by atoms with E-state index in [9.17, 15) is 28.2 Å². The van der Waals surface area contributed by atoms with Crippen LogP contribution in [0.5, 0.6) is 0 Å². The van der Waals surface area contributed by atoms with Crippen LogP contribution in [-0.4, -0.2) is 49.2 Å². The third kappa shape index (κ3) is 6.56. The minimum Gasteiger partial charge on any atom is -0.432 e. The number of fused-ring (bicyclic) bond motifs is 1. The number of nitrogens with zero attached hydrogens (tertiary/aromatic N) is 4. The van der Waals surface area contributed by atoms with Crippen molar-refractivity contribution in [2.75, 3.05) is 5.73 Å². The van der Waals surface area contributed by atoms with Crippen LogP contribution in [0.2, 0.25) is 0 Å². The van der Waals surface area contributed by atoms with Gasteiger partial charge >= 0.3 is 12.1 Å². The minimum absolute atomic E-state index is 0.131. The molecule has 2 aromatic heterocycles. The first-order valence-electron chi connectivity index (χ1n) is 8.97. The second kappa shape index (κ2) is 10.1. The van der Waals surface area contributed by atoms with Gasteiger partial charge in [0.1, 0.15) is 35.9 Å². The van der Waals surface area contributed by atoms with Gasteiger partial charge in [-0.2, -0.15) is 23.5 Å². The number of halogens is 3. The number of aromatic nitrogens is 3. The highest BCUT2D eigenvalue weighted by atomic mass is 19.4. The molecule has 2 heterocycles. The first-order valence-corrected chi connectivity index (χ1v) is 8.97. The van der Waals surface area contributed by atoms with E-state index in [4.69, 9.17) is 20.5 Å². The van der Waals surface area contributed by atoms with Crippen LogP contribution in [0.25, 0.3) is 5.52 Å². The number of allylic oxidation sites excluding steroid dienone is 1. The lowest BCUT2D eigenvalue weighted by molar-refractivity contribution is -0.145. The SMILES string of the molecule is C=C(CCC(F)(F)F)OC(=O)CC[C@@H](OC#N)[C@@H](O)[C@@H](O)c1ccc2c(N)ncnn12. The number of anilines is 1. The lowest BCUT2D eigenvalue weighted by Crippen LogP contribution is -2.35. The standard InChI is InChI=1S/C18H20F3N5O5/c1-10(6-7-18(19,20)21)31-14(27)5-4-13(30-8-22)16(29)15(28)11-2-3-12-17(23)24-9-25-26(11)12/h2-3,9,13,15-16,28-29H,1,4-7H2,(H2,23,24,25)/t13-,15+,16-/m1/s1. The van der Waals surface area contributed by atoms with E-state index in [0.29, 0.717) is 5.52 Å². The van der Waals surface area contributed by atoms with E-state index in [1.807, 2.05) is 0 Å². The van der Waals surface area contributed by atoms with Crippen LogP contribution in [0, 0.1) is 11.5 Å². The van der Waals surface area contributed by atoms with Gasteiger partial charge in [-0.1, -0.05) is 6.58 Å². The highest BCUT2D eigenvalue weighted by molar-refractivity contribution is 5.70. The van der Waals surface area contributed by atoms with Crippen LogP contribution in [0.1, 0.15) is 37.5 Å². The zero-order valence-corrected chi connectivity index (χ0v) is 16.1. The minimum atomic E-state index is -4.42. The predicted molar refractivity (Wildman–Crippen MR) is 98.6 cm³/mol. The number of nitrogen functional groups attached to an aromatic ring is 1. The highest BCUT2D eigenvalue weighted by Crippen LogP contribution is 2.26. The van der Waals surface area contributed by atoms with Gasteiger partial charge in [0.05, 0.1) is 12.1 Å². The number of aliphatic hydroxyl groups excluding tert-OH is 2. The van der Waals surface area contributed by atoms with Crippen molar-refractivity contribution in [2.24, 2.45) is 0 Å². The predicted octanol–water partition coefficient (Wildman–Crippen LogP) is 1.75. The Labute approximate surface area is 174 Å². The molecule has 0 amide bonds. The third-order valence-corrected chi connectivity index (χ3v) is 4.30. The lowest BCUT2D eigenvalue weighted by Gasteiger charge is -2.24. The Balaban J connectivity index is 1.99. The molecule has 0 aromatic carbocycles. The number of nitriles is 1. The summed E-state index contributed by atoms with van der Waals surface area (Å²) in [5.41, 5.74) is 6.22. The summed E-state index contributed by atoms with van der Waals surface area (Å²) in [5, 5.41) is 33.7. The van der Waals surface area contributed by atoms with Gasteiger partial charge in [-0.3, -0.25) is 4.79 Å². The first-order chi connectivity index (χ1) is 14.5. The van der Waals surface area contributed by atoms with Crippen molar-refractivity contribution < 1.29 is 37.7 Å². The quantitative estimate of drug-likeness (QED) is 0.283. The Kier molecular flexibility index (Phi) is 7.78. The molecule has 4 N–H and O–H groups in total. The summed E-state index contributed by atoms with van der Waals surface area (Å²) in [4.78, 5) is 15.6. The van der Waals surface area contributed by atoms with Gasteiger partial charge in [-0.15, -0.1) is 0 Å². The summed E-state index contributed by atoms with van der Waals surface area (Å²) in [6, 6.07) is 2.96. The molecule has 0 saturated carbocycles.